The van der Waals surface area contributed by atoms with Crippen LogP contribution in [0.25, 0.3) is 10.9 Å². The number of amides is 1. The molecular weight excluding hydrogens is 412 g/mol. The van der Waals surface area contributed by atoms with Crippen molar-refractivity contribution in [1.29, 1.82) is 0 Å². The summed E-state index contributed by atoms with van der Waals surface area (Å²) in [5.41, 5.74) is 2.81. The van der Waals surface area contributed by atoms with Crippen LogP contribution >= 0.6 is 12.2 Å². The lowest BCUT2D eigenvalue weighted by molar-refractivity contribution is -0.121. The van der Waals surface area contributed by atoms with Gasteiger partial charge in [0.2, 0.25) is 5.91 Å². The lowest BCUT2D eigenvalue weighted by Gasteiger charge is -2.26. The molecule has 1 fully saturated rings. The van der Waals surface area contributed by atoms with Crippen LogP contribution in [0.4, 0.5) is 0 Å². The van der Waals surface area contributed by atoms with Crippen LogP contribution in [-0.4, -0.2) is 46.7 Å². The molecule has 1 aromatic heterocycles. The fourth-order valence-electron chi connectivity index (χ4n) is 3.76. The summed E-state index contributed by atoms with van der Waals surface area (Å²) in [5.74, 6) is -0.118. The van der Waals surface area contributed by atoms with Crippen LogP contribution in [0, 0.1) is 4.77 Å². The van der Waals surface area contributed by atoms with Gasteiger partial charge in [-0.25, -0.2) is 0 Å². The van der Waals surface area contributed by atoms with Gasteiger partial charge in [-0.2, -0.15) is 0 Å². The number of aromatic nitrogens is 2. The Kier molecular flexibility index (Phi) is 6.91. The second kappa shape index (κ2) is 10.00. The van der Waals surface area contributed by atoms with Gasteiger partial charge < -0.3 is 15.0 Å². The predicted octanol–water partition coefficient (Wildman–Crippen LogP) is 2.60. The third kappa shape index (κ3) is 5.46. The molecule has 0 aliphatic carbocycles. The molecule has 8 heteroatoms. The van der Waals surface area contributed by atoms with E-state index in [0.717, 1.165) is 38.4 Å². The van der Waals surface area contributed by atoms with Crippen molar-refractivity contribution >= 4 is 29.0 Å². The molecule has 0 bridgehead atoms. The third-order valence-electron chi connectivity index (χ3n) is 5.44. The Labute approximate surface area is 185 Å². The quantitative estimate of drug-likeness (QED) is 0.555. The van der Waals surface area contributed by atoms with E-state index < -0.39 is 0 Å². The van der Waals surface area contributed by atoms with Gasteiger partial charge >= 0.3 is 0 Å². The van der Waals surface area contributed by atoms with E-state index in [1.807, 2.05) is 30.3 Å². The molecule has 0 atom stereocenters. The van der Waals surface area contributed by atoms with Crippen LogP contribution in [0.5, 0.6) is 0 Å². The maximum Gasteiger partial charge on any atom is 0.262 e. The molecular formula is C23H26N4O3S. The van der Waals surface area contributed by atoms with E-state index in [0.29, 0.717) is 22.2 Å². The van der Waals surface area contributed by atoms with E-state index >= 15 is 0 Å². The number of morpholine rings is 1. The highest BCUT2D eigenvalue weighted by molar-refractivity contribution is 7.71. The first-order valence-corrected chi connectivity index (χ1v) is 10.9. The fourth-order valence-corrected chi connectivity index (χ4v) is 4.04. The van der Waals surface area contributed by atoms with Crippen LogP contribution in [0.1, 0.15) is 17.5 Å². The summed E-state index contributed by atoms with van der Waals surface area (Å²) < 4.78 is 7.17. The van der Waals surface area contributed by atoms with Crippen LogP contribution in [0.15, 0.2) is 53.3 Å². The zero-order chi connectivity index (χ0) is 21.6. The topological polar surface area (TPSA) is 79.4 Å². The van der Waals surface area contributed by atoms with Crippen molar-refractivity contribution in [1.82, 2.24) is 19.8 Å². The van der Waals surface area contributed by atoms with Gasteiger partial charge in [0, 0.05) is 39.1 Å². The number of benzene rings is 2. The Morgan fingerprint density at radius 3 is 2.71 bits per heavy atom. The Hall–Kier alpha value is -2.81. The molecule has 7 nitrogen and oxygen atoms in total. The zero-order valence-electron chi connectivity index (χ0n) is 17.3. The van der Waals surface area contributed by atoms with Gasteiger partial charge in [-0.05, 0) is 35.5 Å². The maximum absolute atomic E-state index is 12.7. The van der Waals surface area contributed by atoms with Crippen LogP contribution in [0.3, 0.4) is 0 Å². The second-order valence-corrected chi connectivity index (χ2v) is 8.05. The molecule has 1 saturated heterocycles. The van der Waals surface area contributed by atoms with E-state index in [1.54, 1.807) is 6.07 Å². The minimum Gasteiger partial charge on any atom is -0.379 e. The van der Waals surface area contributed by atoms with Crippen molar-refractivity contribution in [3.8, 4) is 0 Å². The monoisotopic (exact) mass is 438 g/mol. The number of hydrogen-bond donors (Lipinski definition) is 2. The molecule has 0 radical (unpaired) electrons. The summed E-state index contributed by atoms with van der Waals surface area (Å²) in [6.07, 6.45) is 0.184. The van der Waals surface area contributed by atoms with Crippen molar-refractivity contribution in [2.24, 2.45) is 0 Å². The summed E-state index contributed by atoms with van der Waals surface area (Å²) in [4.78, 5) is 30.5. The van der Waals surface area contributed by atoms with Crippen molar-refractivity contribution in [2.45, 2.75) is 26.1 Å². The normalized spacial score (nSPS) is 14.6. The number of carbonyl (C=O) groups is 1. The van der Waals surface area contributed by atoms with Gasteiger partial charge in [-0.1, -0.05) is 36.4 Å². The largest absolute Gasteiger partial charge is 0.379 e. The average molecular weight is 439 g/mol. The molecule has 31 heavy (non-hydrogen) atoms. The molecule has 1 aliphatic rings. The van der Waals surface area contributed by atoms with E-state index in [1.165, 1.54) is 10.1 Å². The van der Waals surface area contributed by atoms with Gasteiger partial charge in [0.1, 0.15) is 0 Å². The lowest BCUT2D eigenvalue weighted by atomic mass is 10.1. The number of carbonyl (C=O) groups excluding carboxylic acids is 1. The number of nitrogens with zero attached hydrogens (tertiary/aromatic N) is 2. The first-order valence-electron chi connectivity index (χ1n) is 10.5. The molecule has 4 rings (SSSR count). The van der Waals surface area contributed by atoms with Crippen molar-refractivity contribution in [3.05, 3.63) is 74.8 Å². The number of nitrogens with one attached hydrogen (secondary N) is 2. The zero-order valence-corrected chi connectivity index (χ0v) is 18.1. The smallest absolute Gasteiger partial charge is 0.262 e. The number of H-pyrrole nitrogens is 1. The molecule has 2 heterocycles. The molecule has 0 saturated carbocycles. The van der Waals surface area contributed by atoms with Crippen molar-refractivity contribution in [3.63, 3.8) is 0 Å². The summed E-state index contributed by atoms with van der Waals surface area (Å²) in [6, 6.07) is 15.5. The Morgan fingerprint density at radius 1 is 1.10 bits per heavy atom. The Bertz CT molecular complexity index is 1180. The Morgan fingerprint density at radius 2 is 1.87 bits per heavy atom. The number of hydrogen-bond acceptors (Lipinski definition) is 5. The molecule has 0 unspecified atom stereocenters. The molecule has 2 aromatic carbocycles. The van der Waals surface area contributed by atoms with Crippen LogP contribution in [-0.2, 0) is 29.2 Å². The summed E-state index contributed by atoms with van der Waals surface area (Å²) >= 11 is 5.31. The predicted molar refractivity (Wildman–Crippen MR) is 122 cm³/mol. The molecule has 0 spiro atoms. The number of para-hydroxylation sites is 1. The minimum absolute atomic E-state index is 0.118. The van der Waals surface area contributed by atoms with Gasteiger partial charge in [0.15, 0.2) is 4.77 Å². The van der Waals surface area contributed by atoms with Gasteiger partial charge in [0.25, 0.3) is 5.56 Å². The van der Waals surface area contributed by atoms with E-state index in [9.17, 15) is 9.59 Å². The summed E-state index contributed by atoms with van der Waals surface area (Å²) in [5, 5.41) is 3.51. The second-order valence-electron chi connectivity index (χ2n) is 7.67. The van der Waals surface area contributed by atoms with E-state index in [4.69, 9.17) is 17.0 Å². The SMILES string of the molecule is O=C(CCn1c(=S)[nH]c2ccccc2c1=O)NCc1cccc(CN2CCOCC2)c1. The third-order valence-corrected chi connectivity index (χ3v) is 5.77. The molecule has 1 amide bonds. The van der Waals surface area contributed by atoms with Crippen molar-refractivity contribution < 1.29 is 9.53 Å². The minimum atomic E-state index is -0.178. The number of ether oxygens (including phenoxy) is 1. The van der Waals surface area contributed by atoms with E-state index in [2.05, 4.69) is 27.3 Å². The Balaban J connectivity index is 1.33. The van der Waals surface area contributed by atoms with Gasteiger partial charge in [-0.15, -0.1) is 0 Å². The van der Waals surface area contributed by atoms with Gasteiger partial charge in [-0.3, -0.25) is 19.1 Å². The summed E-state index contributed by atoms with van der Waals surface area (Å²) in [6.45, 7) is 5.01. The fraction of sp³-hybridized carbons (Fsp3) is 0.348. The van der Waals surface area contributed by atoms with Crippen molar-refractivity contribution in [2.75, 3.05) is 26.3 Å². The maximum atomic E-state index is 12.7. The highest BCUT2D eigenvalue weighted by Gasteiger charge is 2.11. The highest BCUT2D eigenvalue weighted by Crippen LogP contribution is 2.10. The first kappa shape index (κ1) is 21.4. The molecule has 162 valence electrons. The first-order chi connectivity index (χ1) is 15.1. The van der Waals surface area contributed by atoms with Crippen LogP contribution in [0.2, 0.25) is 0 Å². The number of aromatic amines is 1. The number of fused-ring (bicyclic) bond motifs is 1. The number of rotatable bonds is 7. The molecule has 2 N–H and O–H groups in total. The lowest BCUT2D eigenvalue weighted by Crippen LogP contribution is -2.35. The van der Waals surface area contributed by atoms with Crippen LogP contribution < -0.4 is 10.9 Å². The molecule has 1 aliphatic heterocycles. The van der Waals surface area contributed by atoms with E-state index in [-0.39, 0.29) is 24.4 Å². The molecule has 3 aromatic rings. The highest BCUT2D eigenvalue weighted by atomic mass is 32.1. The summed E-state index contributed by atoms with van der Waals surface area (Å²) in [7, 11) is 0. The van der Waals surface area contributed by atoms with Gasteiger partial charge in [0.05, 0.1) is 24.1 Å². The standard InChI is InChI=1S/C23H26N4O3S/c28-21(8-9-27-22(29)19-6-1-2-7-20(19)25-23(27)31)24-15-17-4-3-5-18(14-17)16-26-10-12-30-13-11-26/h1-7,14H,8-13,15-16H2,(H,24,28)(H,25,31). The average Bonchev–Trinajstić information content (AvgIpc) is 2.78.